The van der Waals surface area contributed by atoms with Crippen LogP contribution < -0.4 is 5.48 Å². The van der Waals surface area contributed by atoms with E-state index in [4.69, 9.17) is 0 Å². The Balaban J connectivity index is 2.50. The molecule has 12 heavy (non-hydrogen) atoms. The molecule has 4 nitrogen and oxygen atoms in total. The quantitative estimate of drug-likeness (QED) is 0.593. The van der Waals surface area contributed by atoms with Crippen molar-refractivity contribution in [3.8, 4) is 0 Å². The number of nitrogens with one attached hydrogen (secondary N) is 1. The van der Waals surface area contributed by atoms with Gasteiger partial charge in [0.1, 0.15) is 5.60 Å². The second-order valence-corrected chi connectivity index (χ2v) is 3.23. The first kappa shape index (κ1) is 9.48. The van der Waals surface area contributed by atoms with Crippen LogP contribution in [-0.4, -0.2) is 23.7 Å². The summed E-state index contributed by atoms with van der Waals surface area (Å²) in [6.07, 6.45) is 4.01. The SMILES string of the molecule is CONC(=O)C1(O)CCCCC1. The molecule has 0 bridgehead atoms. The van der Waals surface area contributed by atoms with Crippen LogP contribution in [0.5, 0.6) is 0 Å². The fourth-order valence-corrected chi connectivity index (χ4v) is 1.55. The van der Waals surface area contributed by atoms with E-state index in [2.05, 4.69) is 10.3 Å². The van der Waals surface area contributed by atoms with Crippen LogP contribution in [0.15, 0.2) is 0 Å². The number of aliphatic hydroxyl groups is 1. The molecule has 0 aromatic rings. The number of hydrogen-bond donors (Lipinski definition) is 2. The van der Waals surface area contributed by atoms with Crippen molar-refractivity contribution in [1.29, 1.82) is 0 Å². The van der Waals surface area contributed by atoms with E-state index in [0.29, 0.717) is 12.8 Å². The third-order valence-corrected chi connectivity index (χ3v) is 2.30. The number of carbonyl (C=O) groups excluding carboxylic acids is 1. The summed E-state index contributed by atoms with van der Waals surface area (Å²) in [7, 11) is 1.37. The predicted molar refractivity (Wildman–Crippen MR) is 43.2 cm³/mol. The summed E-state index contributed by atoms with van der Waals surface area (Å²) in [6.45, 7) is 0. The molecule has 1 aliphatic rings. The molecule has 1 aliphatic carbocycles. The molecule has 0 aromatic heterocycles. The molecule has 0 aromatic carbocycles. The molecular formula is C8H15NO3. The van der Waals surface area contributed by atoms with Crippen LogP contribution in [0, 0.1) is 0 Å². The number of hydrogen-bond acceptors (Lipinski definition) is 3. The summed E-state index contributed by atoms with van der Waals surface area (Å²) in [5, 5.41) is 9.78. The zero-order valence-electron chi connectivity index (χ0n) is 7.30. The van der Waals surface area contributed by atoms with Crippen molar-refractivity contribution in [2.45, 2.75) is 37.7 Å². The zero-order chi connectivity index (χ0) is 9.03. The first-order valence-electron chi connectivity index (χ1n) is 4.25. The number of hydroxylamine groups is 1. The normalized spacial score (nSPS) is 21.8. The van der Waals surface area contributed by atoms with Gasteiger partial charge >= 0.3 is 0 Å². The smallest absolute Gasteiger partial charge is 0.275 e. The van der Waals surface area contributed by atoms with Crippen molar-refractivity contribution in [1.82, 2.24) is 5.48 Å². The van der Waals surface area contributed by atoms with Crippen LogP contribution in [-0.2, 0) is 9.63 Å². The lowest BCUT2D eigenvalue weighted by molar-refractivity contribution is -0.154. The molecule has 0 heterocycles. The minimum atomic E-state index is -1.19. The van der Waals surface area contributed by atoms with Gasteiger partial charge in [-0.25, -0.2) is 5.48 Å². The third-order valence-electron chi connectivity index (χ3n) is 2.30. The van der Waals surface area contributed by atoms with E-state index in [1.54, 1.807) is 0 Å². The fourth-order valence-electron chi connectivity index (χ4n) is 1.55. The van der Waals surface area contributed by atoms with Crippen molar-refractivity contribution < 1.29 is 14.7 Å². The molecule has 1 amide bonds. The van der Waals surface area contributed by atoms with Gasteiger partial charge in [0, 0.05) is 0 Å². The third kappa shape index (κ3) is 1.95. The lowest BCUT2D eigenvalue weighted by Gasteiger charge is -2.29. The lowest BCUT2D eigenvalue weighted by atomic mass is 9.84. The molecule has 1 fully saturated rings. The molecule has 4 heteroatoms. The Bertz CT molecular complexity index is 164. The van der Waals surface area contributed by atoms with Gasteiger partial charge in [-0.1, -0.05) is 19.3 Å². The van der Waals surface area contributed by atoms with Gasteiger partial charge in [0.25, 0.3) is 5.91 Å². The summed E-state index contributed by atoms with van der Waals surface area (Å²) in [5.41, 5.74) is 0.981. The molecule has 1 saturated carbocycles. The maximum atomic E-state index is 11.2. The van der Waals surface area contributed by atoms with Crippen LogP contribution >= 0.6 is 0 Å². The van der Waals surface area contributed by atoms with Crippen molar-refractivity contribution in [3.05, 3.63) is 0 Å². The maximum absolute atomic E-state index is 11.2. The first-order valence-corrected chi connectivity index (χ1v) is 4.25. The molecule has 0 radical (unpaired) electrons. The van der Waals surface area contributed by atoms with Gasteiger partial charge < -0.3 is 5.11 Å². The summed E-state index contributed by atoms with van der Waals surface area (Å²) in [5.74, 6) is -0.412. The lowest BCUT2D eigenvalue weighted by Crippen LogP contribution is -2.47. The van der Waals surface area contributed by atoms with Crippen LogP contribution in [0.25, 0.3) is 0 Å². The van der Waals surface area contributed by atoms with Crippen LogP contribution in [0.4, 0.5) is 0 Å². The largest absolute Gasteiger partial charge is 0.380 e. The second-order valence-electron chi connectivity index (χ2n) is 3.23. The van der Waals surface area contributed by atoms with Crippen molar-refractivity contribution >= 4 is 5.91 Å². The number of amides is 1. The first-order chi connectivity index (χ1) is 5.69. The predicted octanol–water partition coefficient (Wildman–Crippen LogP) is 0.359. The zero-order valence-corrected chi connectivity index (χ0v) is 7.30. The fraction of sp³-hybridized carbons (Fsp3) is 0.875. The number of carbonyl (C=O) groups is 1. The molecule has 70 valence electrons. The highest BCUT2D eigenvalue weighted by Crippen LogP contribution is 2.27. The van der Waals surface area contributed by atoms with Crippen LogP contribution in [0.2, 0.25) is 0 Å². The average Bonchev–Trinajstić information content (AvgIpc) is 2.06. The van der Waals surface area contributed by atoms with Crippen LogP contribution in [0.3, 0.4) is 0 Å². The van der Waals surface area contributed by atoms with Gasteiger partial charge in [-0.2, -0.15) is 0 Å². The van der Waals surface area contributed by atoms with Gasteiger partial charge in [-0.3, -0.25) is 9.63 Å². The summed E-state index contributed by atoms with van der Waals surface area (Å²) >= 11 is 0. The standard InChI is InChI=1S/C8H15NO3/c1-12-9-7(10)8(11)5-3-2-4-6-8/h11H,2-6H2,1H3,(H,9,10). The number of rotatable bonds is 2. The summed E-state index contributed by atoms with van der Waals surface area (Å²) in [4.78, 5) is 15.7. The molecule has 0 aliphatic heterocycles. The molecule has 1 rings (SSSR count). The van der Waals surface area contributed by atoms with Gasteiger partial charge in [-0.15, -0.1) is 0 Å². The second kappa shape index (κ2) is 3.87. The van der Waals surface area contributed by atoms with Crippen molar-refractivity contribution in [2.75, 3.05) is 7.11 Å². The minimum Gasteiger partial charge on any atom is -0.380 e. The minimum absolute atomic E-state index is 0.412. The Morgan fingerprint density at radius 3 is 2.50 bits per heavy atom. The van der Waals surface area contributed by atoms with Crippen molar-refractivity contribution in [2.24, 2.45) is 0 Å². The highest BCUT2D eigenvalue weighted by Gasteiger charge is 2.36. The average molecular weight is 173 g/mol. The topological polar surface area (TPSA) is 58.6 Å². The maximum Gasteiger partial charge on any atom is 0.275 e. The molecular weight excluding hydrogens is 158 g/mol. The summed E-state index contributed by atoms with van der Waals surface area (Å²) in [6, 6.07) is 0. The molecule has 2 N–H and O–H groups in total. The highest BCUT2D eigenvalue weighted by molar-refractivity contribution is 5.83. The molecule has 0 atom stereocenters. The van der Waals surface area contributed by atoms with E-state index < -0.39 is 11.5 Å². The van der Waals surface area contributed by atoms with Gasteiger partial charge in [0.05, 0.1) is 7.11 Å². The molecule has 0 unspecified atom stereocenters. The monoisotopic (exact) mass is 173 g/mol. The Labute approximate surface area is 71.9 Å². The highest BCUT2D eigenvalue weighted by atomic mass is 16.6. The van der Waals surface area contributed by atoms with E-state index in [1.165, 1.54) is 7.11 Å². The van der Waals surface area contributed by atoms with E-state index in [9.17, 15) is 9.90 Å². The van der Waals surface area contributed by atoms with Gasteiger partial charge in [0.2, 0.25) is 0 Å². The van der Waals surface area contributed by atoms with E-state index in [1.807, 2.05) is 0 Å². The van der Waals surface area contributed by atoms with E-state index >= 15 is 0 Å². The van der Waals surface area contributed by atoms with E-state index in [0.717, 1.165) is 19.3 Å². The Morgan fingerprint density at radius 1 is 1.42 bits per heavy atom. The van der Waals surface area contributed by atoms with Gasteiger partial charge in [-0.05, 0) is 12.8 Å². The Hall–Kier alpha value is -0.610. The Morgan fingerprint density at radius 2 is 2.00 bits per heavy atom. The summed E-state index contributed by atoms with van der Waals surface area (Å²) < 4.78 is 0. The van der Waals surface area contributed by atoms with Gasteiger partial charge in [0.15, 0.2) is 0 Å². The molecule has 0 spiro atoms. The van der Waals surface area contributed by atoms with E-state index in [-0.39, 0.29) is 0 Å². The Kier molecular flexibility index (Phi) is 3.05. The molecule has 0 saturated heterocycles. The van der Waals surface area contributed by atoms with Crippen LogP contribution in [0.1, 0.15) is 32.1 Å². The van der Waals surface area contributed by atoms with Crippen molar-refractivity contribution in [3.63, 3.8) is 0 Å².